The number of hydrogen-bond acceptors (Lipinski definition) is 7. The van der Waals surface area contributed by atoms with E-state index in [1.165, 1.54) is 23.1 Å². The SMILES string of the molecule is C=CCn1c(COc2ccc(C)cc2)nnc1SCC(=O)Nc1ncc(Cc2c(Cl)cccc2Cl)s1. The van der Waals surface area contributed by atoms with Crippen LogP contribution in [0.15, 0.2) is 66.5 Å². The highest BCUT2D eigenvalue weighted by molar-refractivity contribution is 7.99. The van der Waals surface area contributed by atoms with Crippen molar-refractivity contribution in [3.05, 3.63) is 93.2 Å². The Kier molecular flexibility index (Phi) is 9.03. The van der Waals surface area contributed by atoms with Gasteiger partial charge in [-0.05, 0) is 36.8 Å². The number of carbonyl (C=O) groups excluding carboxylic acids is 1. The fourth-order valence-electron chi connectivity index (χ4n) is 3.24. The van der Waals surface area contributed by atoms with Crippen LogP contribution in [0, 0.1) is 6.92 Å². The Morgan fingerprint density at radius 2 is 1.94 bits per heavy atom. The van der Waals surface area contributed by atoms with Gasteiger partial charge in [0.25, 0.3) is 0 Å². The minimum atomic E-state index is -0.192. The lowest BCUT2D eigenvalue weighted by molar-refractivity contribution is -0.113. The van der Waals surface area contributed by atoms with Crippen molar-refractivity contribution < 1.29 is 9.53 Å². The molecule has 0 saturated heterocycles. The summed E-state index contributed by atoms with van der Waals surface area (Å²) >= 11 is 15.2. The molecule has 0 bridgehead atoms. The summed E-state index contributed by atoms with van der Waals surface area (Å²) in [5.74, 6) is 1.37. The Morgan fingerprint density at radius 1 is 1.19 bits per heavy atom. The van der Waals surface area contributed by atoms with Gasteiger partial charge in [-0.1, -0.05) is 64.8 Å². The van der Waals surface area contributed by atoms with E-state index in [9.17, 15) is 4.79 Å². The summed E-state index contributed by atoms with van der Waals surface area (Å²) in [6.07, 6.45) is 4.01. The van der Waals surface area contributed by atoms with E-state index in [0.717, 1.165) is 21.8 Å². The van der Waals surface area contributed by atoms with Gasteiger partial charge in [0, 0.05) is 34.1 Å². The van der Waals surface area contributed by atoms with Gasteiger partial charge in [0.05, 0.1) is 5.75 Å². The number of rotatable bonds is 11. The second-order valence-corrected chi connectivity index (χ2v) is 10.6. The third kappa shape index (κ3) is 6.88. The molecular weight excluding hydrogens is 537 g/mol. The van der Waals surface area contributed by atoms with E-state index in [1.54, 1.807) is 30.5 Å². The summed E-state index contributed by atoms with van der Waals surface area (Å²) in [7, 11) is 0. The Labute approximate surface area is 227 Å². The molecule has 7 nitrogen and oxygen atoms in total. The van der Waals surface area contributed by atoms with E-state index in [4.69, 9.17) is 27.9 Å². The van der Waals surface area contributed by atoms with Crippen LogP contribution >= 0.6 is 46.3 Å². The molecule has 0 aliphatic carbocycles. The number of nitrogens with one attached hydrogen (secondary N) is 1. The average molecular weight is 561 g/mol. The van der Waals surface area contributed by atoms with E-state index in [2.05, 4.69) is 27.1 Å². The molecule has 11 heteroatoms. The van der Waals surface area contributed by atoms with E-state index in [1.807, 2.05) is 35.8 Å². The van der Waals surface area contributed by atoms with Crippen LogP contribution in [0.1, 0.15) is 21.8 Å². The number of carbonyl (C=O) groups is 1. The molecule has 0 atom stereocenters. The lowest BCUT2D eigenvalue weighted by Gasteiger charge is -2.09. The number of amides is 1. The van der Waals surface area contributed by atoms with Crippen LogP contribution in [0.4, 0.5) is 5.13 Å². The van der Waals surface area contributed by atoms with Gasteiger partial charge < -0.3 is 10.1 Å². The molecule has 0 aliphatic heterocycles. The van der Waals surface area contributed by atoms with Gasteiger partial charge in [-0.3, -0.25) is 9.36 Å². The second-order valence-electron chi connectivity index (χ2n) is 7.75. The predicted molar refractivity (Wildman–Crippen MR) is 146 cm³/mol. The van der Waals surface area contributed by atoms with Crippen molar-refractivity contribution in [1.29, 1.82) is 0 Å². The third-order valence-electron chi connectivity index (χ3n) is 5.04. The first-order chi connectivity index (χ1) is 17.4. The van der Waals surface area contributed by atoms with Crippen LogP contribution in [0.3, 0.4) is 0 Å². The molecule has 2 aromatic carbocycles. The fraction of sp³-hybridized carbons (Fsp3) is 0.200. The number of thiazole rings is 1. The van der Waals surface area contributed by atoms with Crippen LogP contribution in [0.5, 0.6) is 5.75 Å². The van der Waals surface area contributed by atoms with E-state index in [-0.39, 0.29) is 18.3 Å². The van der Waals surface area contributed by atoms with Crippen molar-refractivity contribution in [3.8, 4) is 5.75 Å². The van der Waals surface area contributed by atoms with Crippen LogP contribution in [-0.4, -0.2) is 31.4 Å². The summed E-state index contributed by atoms with van der Waals surface area (Å²) in [6, 6.07) is 13.2. The van der Waals surface area contributed by atoms with Crippen LogP contribution in [-0.2, 0) is 24.4 Å². The van der Waals surface area contributed by atoms with Crippen molar-refractivity contribution in [2.24, 2.45) is 0 Å². The van der Waals surface area contributed by atoms with Crippen LogP contribution < -0.4 is 10.1 Å². The summed E-state index contributed by atoms with van der Waals surface area (Å²) < 4.78 is 7.72. The molecule has 0 fully saturated rings. The number of ether oxygens (including phenoxy) is 1. The summed E-state index contributed by atoms with van der Waals surface area (Å²) in [5.41, 5.74) is 2.00. The number of halogens is 2. The Hall–Kier alpha value is -2.85. The molecule has 4 rings (SSSR count). The standard InChI is InChI=1S/C25H23Cl2N5O2S2/c1-3-11-32-22(14-34-17-9-7-16(2)8-10-17)30-31-25(32)35-15-23(33)29-24-28-13-18(36-24)12-19-20(26)5-4-6-21(19)27/h3-10,13H,1,11-12,14-15H2,2H3,(H,28,29,33). The molecule has 0 spiro atoms. The quantitative estimate of drug-likeness (QED) is 0.168. The van der Waals surface area contributed by atoms with Crippen molar-refractivity contribution >= 4 is 57.3 Å². The zero-order valence-electron chi connectivity index (χ0n) is 19.4. The lowest BCUT2D eigenvalue weighted by Crippen LogP contribution is -2.14. The maximum absolute atomic E-state index is 12.6. The van der Waals surface area contributed by atoms with Gasteiger partial charge in [0.2, 0.25) is 5.91 Å². The number of aryl methyl sites for hydroxylation is 1. The molecule has 36 heavy (non-hydrogen) atoms. The zero-order valence-corrected chi connectivity index (χ0v) is 22.6. The maximum atomic E-state index is 12.6. The molecule has 1 N–H and O–H groups in total. The Bertz CT molecular complexity index is 1330. The first kappa shape index (κ1) is 26.2. The Morgan fingerprint density at radius 3 is 2.67 bits per heavy atom. The van der Waals surface area contributed by atoms with Crippen molar-refractivity contribution in [1.82, 2.24) is 19.7 Å². The normalized spacial score (nSPS) is 10.9. The first-order valence-electron chi connectivity index (χ1n) is 11.0. The first-order valence-corrected chi connectivity index (χ1v) is 13.5. The minimum absolute atomic E-state index is 0.152. The van der Waals surface area contributed by atoms with E-state index in [0.29, 0.717) is 39.1 Å². The number of allylic oxidation sites excluding steroid dienone is 1. The van der Waals surface area contributed by atoms with E-state index < -0.39 is 0 Å². The molecule has 186 valence electrons. The summed E-state index contributed by atoms with van der Waals surface area (Å²) in [4.78, 5) is 17.8. The molecule has 0 unspecified atom stereocenters. The molecule has 4 aromatic rings. The third-order valence-corrected chi connectivity index (χ3v) is 7.63. The maximum Gasteiger partial charge on any atom is 0.236 e. The molecule has 2 heterocycles. The molecule has 1 amide bonds. The molecule has 2 aromatic heterocycles. The molecule has 0 saturated carbocycles. The highest BCUT2D eigenvalue weighted by Gasteiger charge is 2.16. The van der Waals surface area contributed by atoms with Gasteiger partial charge in [0.1, 0.15) is 12.4 Å². The van der Waals surface area contributed by atoms with Crippen LogP contribution in [0.25, 0.3) is 0 Å². The smallest absolute Gasteiger partial charge is 0.236 e. The van der Waals surface area contributed by atoms with Crippen molar-refractivity contribution in [3.63, 3.8) is 0 Å². The largest absolute Gasteiger partial charge is 0.486 e. The summed E-state index contributed by atoms with van der Waals surface area (Å²) in [6.45, 7) is 6.59. The zero-order chi connectivity index (χ0) is 25.5. The number of nitrogens with zero attached hydrogens (tertiary/aromatic N) is 4. The number of thioether (sulfide) groups is 1. The van der Waals surface area contributed by atoms with Gasteiger partial charge >= 0.3 is 0 Å². The Balaban J connectivity index is 1.33. The number of aromatic nitrogens is 4. The predicted octanol–water partition coefficient (Wildman–Crippen LogP) is 6.44. The van der Waals surface area contributed by atoms with Gasteiger partial charge in [-0.2, -0.15) is 0 Å². The second kappa shape index (κ2) is 12.4. The van der Waals surface area contributed by atoms with Crippen molar-refractivity contribution in [2.75, 3.05) is 11.1 Å². The number of benzene rings is 2. The highest BCUT2D eigenvalue weighted by atomic mass is 35.5. The monoisotopic (exact) mass is 559 g/mol. The van der Waals surface area contributed by atoms with Crippen molar-refractivity contribution in [2.45, 2.75) is 31.7 Å². The topological polar surface area (TPSA) is 81.9 Å². The molecule has 0 aliphatic rings. The number of anilines is 1. The highest BCUT2D eigenvalue weighted by Crippen LogP contribution is 2.30. The van der Waals surface area contributed by atoms with Gasteiger partial charge in [-0.25, -0.2) is 4.98 Å². The minimum Gasteiger partial charge on any atom is -0.486 e. The molecule has 0 radical (unpaired) electrons. The van der Waals surface area contributed by atoms with E-state index >= 15 is 0 Å². The van der Waals surface area contributed by atoms with Gasteiger partial charge in [0.15, 0.2) is 16.1 Å². The fourth-order valence-corrected chi connectivity index (χ4v) is 5.37. The average Bonchev–Trinajstić information content (AvgIpc) is 3.46. The number of hydrogen-bond donors (Lipinski definition) is 1. The molecular formula is C25H23Cl2N5O2S2. The van der Waals surface area contributed by atoms with Crippen LogP contribution in [0.2, 0.25) is 10.0 Å². The van der Waals surface area contributed by atoms with Gasteiger partial charge in [-0.15, -0.1) is 28.1 Å². The summed E-state index contributed by atoms with van der Waals surface area (Å²) in [5, 5.41) is 13.6. The lowest BCUT2D eigenvalue weighted by atomic mass is 10.1.